The van der Waals surface area contributed by atoms with Crippen LogP contribution in [0.2, 0.25) is 0 Å². The van der Waals surface area contributed by atoms with Crippen molar-refractivity contribution < 1.29 is 9.59 Å². The van der Waals surface area contributed by atoms with Gasteiger partial charge in [0.25, 0.3) is 5.91 Å². The number of hydrogen-bond donors (Lipinski definition) is 2. The Morgan fingerprint density at radius 1 is 0.862 bits per heavy atom. The Morgan fingerprint density at radius 3 is 2.03 bits per heavy atom. The van der Waals surface area contributed by atoms with Gasteiger partial charge >= 0.3 is 0 Å². The van der Waals surface area contributed by atoms with Crippen molar-refractivity contribution in [3.63, 3.8) is 0 Å². The Bertz CT molecular complexity index is 718. The molecule has 0 spiro atoms. The minimum atomic E-state index is -0.398. The van der Waals surface area contributed by atoms with Crippen molar-refractivity contribution in [1.29, 1.82) is 0 Å². The second-order valence-corrected chi connectivity index (χ2v) is 10.4. The Balaban J connectivity index is 1.39. The molecule has 156 valence electrons. The lowest BCUT2D eigenvalue weighted by Gasteiger charge is -2.59. The van der Waals surface area contributed by atoms with E-state index in [0.29, 0.717) is 5.56 Å². The van der Waals surface area contributed by atoms with E-state index in [2.05, 4.69) is 10.6 Å². The second kappa shape index (κ2) is 7.77. The number of amides is 2. The molecule has 4 heteroatoms. The van der Waals surface area contributed by atoms with Crippen LogP contribution in [-0.4, -0.2) is 23.9 Å². The normalized spacial score (nSPS) is 34.6. The van der Waals surface area contributed by atoms with E-state index in [1.165, 1.54) is 38.5 Å². The molecule has 5 aliphatic carbocycles. The third kappa shape index (κ3) is 3.83. The second-order valence-electron chi connectivity index (χ2n) is 10.4. The van der Waals surface area contributed by atoms with Crippen molar-refractivity contribution in [3.05, 3.63) is 35.9 Å². The molecule has 0 heterocycles. The SMILES string of the molecule is O=C(NC(C(=O)NC1CCCCC1)C12CC3CC(CC(C3)C1)C2)c1ccccc1. The number of carbonyl (C=O) groups is 2. The summed E-state index contributed by atoms with van der Waals surface area (Å²) < 4.78 is 0. The van der Waals surface area contributed by atoms with E-state index in [4.69, 9.17) is 0 Å². The summed E-state index contributed by atoms with van der Waals surface area (Å²) in [5.74, 6) is 2.22. The van der Waals surface area contributed by atoms with Crippen LogP contribution in [-0.2, 0) is 4.79 Å². The number of carbonyl (C=O) groups excluding carboxylic acids is 2. The van der Waals surface area contributed by atoms with Gasteiger partial charge in [-0.25, -0.2) is 0 Å². The van der Waals surface area contributed by atoms with Crippen LogP contribution in [0.4, 0.5) is 0 Å². The molecule has 1 aromatic rings. The molecule has 1 atom stereocenters. The van der Waals surface area contributed by atoms with Gasteiger partial charge in [0, 0.05) is 17.0 Å². The minimum absolute atomic E-state index is 0.0437. The highest BCUT2D eigenvalue weighted by atomic mass is 16.2. The highest BCUT2D eigenvalue weighted by molar-refractivity contribution is 5.97. The molecule has 4 nitrogen and oxygen atoms in total. The molecule has 6 rings (SSSR count). The van der Waals surface area contributed by atoms with Crippen molar-refractivity contribution >= 4 is 11.8 Å². The minimum Gasteiger partial charge on any atom is -0.352 e. The number of hydrogen-bond acceptors (Lipinski definition) is 2. The van der Waals surface area contributed by atoms with Gasteiger partial charge < -0.3 is 10.6 Å². The van der Waals surface area contributed by atoms with Crippen LogP contribution < -0.4 is 10.6 Å². The molecule has 1 aromatic carbocycles. The fraction of sp³-hybridized carbons (Fsp3) is 0.680. The maximum absolute atomic E-state index is 13.6. The molecule has 5 aliphatic rings. The predicted octanol–water partition coefficient (Wildman–Crippen LogP) is 4.45. The molecule has 1 unspecified atom stereocenters. The molecule has 0 radical (unpaired) electrons. The van der Waals surface area contributed by atoms with Gasteiger partial charge in [0.2, 0.25) is 5.91 Å². The first kappa shape index (κ1) is 19.1. The number of nitrogens with one attached hydrogen (secondary N) is 2. The first-order valence-electron chi connectivity index (χ1n) is 11.8. The molecule has 0 saturated heterocycles. The summed E-state index contributed by atoms with van der Waals surface area (Å²) >= 11 is 0. The summed E-state index contributed by atoms with van der Waals surface area (Å²) in [6.07, 6.45) is 13.2. The van der Waals surface area contributed by atoms with Crippen molar-refractivity contribution in [2.75, 3.05) is 0 Å². The Morgan fingerprint density at radius 2 is 1.45 bits per heavy atom. The van der Waals surface area contributed by atoms with Gasteiger partial charge in [0.05, 0.1) is 0 Å². The molecular weight excluding hydrogens is 360 g/mol. The van der Waals surface area contributed by atoms with Gasteiger partial charge in [0.15, 0.2) is 0 Å². The third-order valence-electron chi connectivity index (χ3n) is 8.22. The van der Waals surface area contributed by atoms with Crippen LogP contribution >= 0.6 is 0 Å². The fourth-order valence-corrected chi connectivity index (χ4v) is 7.36. The van der Waals surface area contributed by atoms with Gasteiger partial charge in [0.1, 0.15) is 6.04 Å². The Hall–Kier alpha value is -1.84. The van der Waals surface area contributed by atoms with Gasteiger partial charge in [-0.05, 0) is 81.3 Å². The molecule has 0 aromatic heterocycles. The Labute approximate surface area is 174 Å². The maximum atomic E-state index is 13.6. The predicted molar refractivity (Wildman–Crippen MR) is 113 cm³/mol. The first-order valence-corrected chi connectivity index (χ1v) is 11.8. The molecule has 29 heavy (non-hydrogen) atoms. The topological polar surface area (TPSA) is 58.2 Å². The van der Waals surface area contributed by atoms with E-state index in [0.717, 1.165) is 49.9 Å². The van der Waals surface area contributed by atoms with Crippen LogP contribution in [0.15, 0.2) is 30.3 Å². The Kier molecular flexibility index (Phi) is 5.13. The number of rotatable bonds is 5. The highest BCUT2D eigenvalue weighted by Gasteiger charge is 2.56. The summed E-state index contributed by atoms with van der Waals surface area (Å²) in [5.41, 5.74) is 0.602. The fourth-order valence-electron chi connectivity index (χ4n) is 7.36. The molecule has 2 amide bonds. The quantitative estimate of drug-likeness (QED) is 0.775. The van der Waals surface area contributed by atoms with Crippen LogP contribution in [0.25, 0.3) is 0 Å². The molecular formula is C25H34N2O2. The van der Waals surface area contributed by atoms with Gasteiger partial charge in [-0.1, -0.05) is 37.5 Å². The zero-order valence-electron chi connectivity index (χ0n) is 17.4. The maximum Gasteiger partial charge on any atom is 0.251 e. The lowest BCUT2D eigenvalue weighted by atomic mass is 9.47. The summed E-state index contributed by atoms with van der Waals surface area (Å²) in [4.78, 5) is 26.6. The summed E-state index contributed by atoms with van der Waals surface area (Å²) in [6.45, 7) is 0. The van der Waals surface area contributed by atoms with Crippen LogP contribution in [0, 0.1) is 23.2 Å². The smallest absolute Gasteiger partial charge is 0.251 e. The summed E-state index contributed by atoms with van der Waals surface area (Å²) in [7, 11) is 0. The van der Waals surface area contributed by atoms with E-state index in [-0.39, 0.29) is 23.3 Å². The van der Waals surface area contributed by atoms with Crippen molar-refractivity contribution in [2.24, 2.45) is 23.2 Å². The zero-order chi connectivity index (χ0) is 19.8. The highest BCUT2D eigenvalue weighted by Crippen LogP contribution is 2.61. The molecule has 5 saturated carbocycles. The van der Waals surface area contributed by atoms with Gasteiger partial charge in [-0.2, -0.15) is 0 Å². The largest absolute Gasteiger partial charge is 0.352 e. The lowest BCUT2D eigenvalue weighted by Crippen LogP contribution is -2.63. The average molecular weight is 395 g/mol. The van der Waals surface area contributed by atoms with E-state index in [1.54, 1.807) is 0 Å². The van der Waals surface area contributed by atoms with E-state index < -0.39 is 6.04 Å². The van der Waals surface area contributed by atoms with Crippen LogP contribution in [0.1, 0.15) is 81.0 Å². The average Bonchev–Trinajstić information content (AvgIpc) is 2.72. The standard InChI is InChI=1S/C25H34N2O2/c28-23(20-7-3-1-4-8-20)27-22(24(29)26-21-9-5-2-6-10-21)25-14-17-11-18(15-25)13-19(12-17)16-25/h1,3-4,7-8,17-19,21-22H,2,5-6,9-16H2,(H,26,29)(H,27,28). The van der Waals surface area contributed by atoms with E-state index in [1.807, 2.05) is 30.3 Å². The molecule has 2 N–H and O–H groups in total. The van der Waals surface area contributed by atoms with Crippen molar-refractivity contribution in [2.45, 2.75) is 82.7 Å². The first-order chi connectivity index (χ1) is 14.1. The zero-order valence-corrected chi connectivity index (χ0v) is 17.4. The third-order valence-corrected chi connectivity index (χ3v) is 8.22. The molecule has 4 bridgehead atoms. The van der Waals surface area contributed by atoms with E-state index in [9.17, 15) is 9.59 Å². The van der Waals surface area contributed by atoms with Crippen molar-refractivity contribution in [3.8, 4) is 0 Å². The van der Waals surface area contributed by atoms with Crippen LogP contribution in [0.5, 0.6) is 0 Å². The summed E-state index contributed by atoms with van der Waals surface area (Å²) in [6, 6.07) is 9.25. The summed E-state index contributed by atoms with van der Waals surface area (Å²) in [5, 5.41) is 6.58. The van der Waals surface area contributed by atoms with Crippen molar-refractivity contribution in [1.82, 2.24) is 10.6 Å². The molecule has 0 aliphatic heterocycles. The monoisotopic (exact) mass is 394 g/mol. The molecule has 5 fully saturated rings. The van der Waals surface area contributed by atoms with Gasteiger partial charge in [-0.3, -0.25) is 9.59 Å². The lowest BCUT2D eigenvalue weighted by molar-refractivity contribution is -0.135. The number of benzene rings is 1. The van der Waals surface area contributed by atoms with E-state index >= 15 is 0 Å². The van der Waals surface area contributed by atoms with Gasteiger partial charge in [-0.15, -0.1) is 0 Å². The van der Waals surface area contributed by atoms with Crippen LogP contribution in [0.3, 0.4) is 0 Å².